The Hall–Kier alpha value is -4.63. The SMILES string of the molecule is C1=CC(c2ccc3c(c2)c2c(n3C3=c4oc5c(c4=CCC3)C(C3=NC(c4ccccc4)CC4=C3CCC=C4)CCC5)C=CCC2)=CCC1. The number of hydrogen-bond donors (Lipinski definition) is 0. The second-order valence-corrected chi connectivity index (χ2v) is 14.4. The van der Waals surface area contributed by atoms with Gasteiger partial charge < -0.3 is 8.98 Å². The van der Waals surface area contributed by atoms with E-state index >= 15 is 0 Å². The Bertz CT molecular complexity index is 2290. The Morgan fingerprint density at radius 3 is 2.60 bits per heavy atom. The molecule has 6 aliphatic rings. The predicted octanol–water partition coefficient (Wildman–Crippen LogP) is 9.81. The van der Waals surface area contributed by atoms with Gasteiger partial charge in [0.05, 0.1) is 17.3 Å². The first-order valence-corrected chi connectivity index (χ1v) is 18.4. The van der Waals surface area contributed by atoms with Crippen molar-refractivity contribution in [3.8, 4) is 0 Å². The van der Waals surface area contributed by atoms with E-state index in [2.05, 4.69) is 102 Å². The molecule has 5 aliphatic carbocycles. The van der Waals surface area contributed by atoms with Gasteiger partial charge in [-0.1, -0.05) is 78.9 Å². The van der Waals surface area contributed by atoms with E-state index < -0.39 is 0 Å². The molecule has 0 fully saturated rings. The number of dihydropyridines is 1. The quantitative estimate of drug-likeness (QED) is 0.222. The average Bonchev–Trinajstić information content (AvgIpc) is 3.71. The summed E-state index contributed by atoms with van der Waals surface area (Å²) in [6.45, 7) is 0. The molecule has 0 saturated carbocycles. The minimum Gasteiger partial charge on any atom is -0.459 e. The van der Waals surface area contributed by atoms with Crippen LogP contribution in [0.4, 0.5) is 0 Å². The van der Waals surface area contributed by atoms with Crippen LogP contribution in [0, 0.1) is 0 Å². The molecule has 2 atom stereocenters. The zero-order valence-corrected chi connectivity index (χ0v) is 27.7. The molecule has 2 unspecified atom stereocenters. The lowest BCUT2D eigenvalue weighted by Crippen LogP contribution is -2.34. The maximum Gasteiger partial charge on any atom is 0.154 e. The van der Waals surface area contributed by atoms with Gasteiger partial charge in [-0.25, -0.2) is 0 Å². The predicted molar refractivity (Wildman–Crippen MR) is 198 cm³/mol. The molecule has 3 nitrogen and oxygen atoms in total. The van der Waals surface area contributed by atoms with Crippen LogP contribution in [0.15, 0.2) is 106 Å². The smallest absolute Gasteiger partial charge is 0.154 e. The van der Waals surface area contributed by atoms with Crippen LogP contribution in [-0.2, 0) is 12.8 Å². The van der Waals surface area contributed by atoms with E-state index in [1.807, 2.05) is 0 Å². The van der Waals surface area contributed by atoms with Crippen molar-refractivity contribution in [3.05, 3.63) is 140 Å². The topological polar surface area (TPSA) is 30.4 Å². The second kappa shape index (κ2) is 11.5. The highest BCUT2D eigenvalue weighted by Crippen LogP contribution is 2.43. The highest BCUT2D eigenvalue weighted by atomic mass is 16.3. The maximum atomic E-state index is 7.08. The van der Waals surface area contributed by atoms with Crippen LogP contribution in [-0.4, -0.2) is 10.3 Å². The van der Waals surface area contributed by atoms with E-state index in [9.17, 15) is 0 Å². The van der Waals surface area contributed by atoms with Crippen LogP contribution in [0.25, 0.3) is 34.3 Å². The molecule has 2 aromatic heterocycles. The maximum absolute atomic E-state index is 7.08. The van der Waals surface area contributed by atoms with Crippen LogP contribution in [0.2, 0.25) is 0 Å². The summed E-state index contributed by atoms with van der Waals surface area (Å²) in [6.07, 6.45) is 32.0. The van der Waals surface area contributed by atoms with Gasteiger partial charge in [-0.2, -0.15) is 0 Å². The average molecular weight is 627 g/mol. The van der Waals surface area contributed by atoms with Gasteiger partial charge in [0.1, 0.15) is 5.76 Å². The third-order valence-electron chi connectivity index (χ3n) is 11.6. The number of benzene rings is 2. The van der Waals surface area contributed by atoms with Crippen LogP contribution < -0.4 is 10.6 Å². The van der Waals surface area contributed by atoms with Gasteiger partial charge >= 0.3 is 0 Å². The van der Waals surface area contributed by atoms with Crippen molar-refractivity contribution >= 4 is 40.0 Å². The fourth-order valence-electron chi connectivity index (χ4n) is 9.45. The molecule has 0 radical (unpaired) electrons. The van der Waals surface area contributed by atoms with Gasteiger partial charge in [0.2, 0.25) is 0 Å². The van der Waals surface area contributed by atoms with E-state index in [1.165, 1.54) is 78.0 Å². The highest BCUT2D eigenvalue weighted by Gasteiger charge is 2.36. The number of nitrogens with zero attached hydrogens (tertiary/aromatic N) is 2. The second-order valence-electron chi connectivity index (χ2n) is 14.4. The van der Waals surface area contributed by atoms with Crippen molar-refractivity contribution in [3.63, 3.8) is 0 Å². The van der Waals surface area contributed by atoms with E-state index in [1.54, 1.807) is 0 Å². The molecule has 48 heavy (non-hydrogen) atoms. The zero-order chi connectivity index (χ0) is 31.6. The number of rotatable bonds is 4. The summed E-state index contributed by atoms with van der Waals surface area (Å²) < 4.78 is 9.65. The number of aromatic nitrogens is 1. The molecule has 0 spiro atoms. The molecule has 0 saturated heterocycles. The summed E-state index contributed by atoms with van der Waals surface area (Å²) in [5, 5.41) is 2.75. The monoisotopic (exact) mass is 626 g/mol. The molecule has 2 aromatic carbocycles. The number of aliphatic imine (C=N–C) groups is 1. The van der Waals surface area contributed by atoms with Gasteiger partial charge in [-0.15, -0.1) is 0 Å². The van der Waals surface area contributed by atoms with Crippen molar-refractivity contribution in [1.29, 1.82) is 0 Å². The van der Waals surface area contributed by atoms with E-state index in [-0.39, 0.29) is 12.0 Å². The number of hydrogen-bond acceptors (Lipinski definition) is 2. The van der Waals surface area contributed by atoms with Crippen molar-refractivity contribution in [1.82, 2.24) is 4.57 Å². The number of furan rings is 1. The Balaban J connectivity index is 1.15. The first kappa shape index (κ1) is 28.4. The summed E-state index contributed by atoms with van der Waals surface area (Å²) in [6, 6.07) is 18.3. The molecular weight excluding hydrogens is 585 g/mol. The Morgan fingerprint density at radius 1 is 0.792 bits per heavy atom. The summed E-state index contributed by atoms with van der Waals surface area (Å²) in [7, 11) is 0. The Morgan fingerprint density at radius 2 is 1.69 bits per heavy atom. The van der Waals surface area contributed by atoms with Crippen molar-refractivity contribution in [2.75, 3.05) is 0 Å². The molecule has 0 bridgehead atoms. The van der Waals surface area contributed by atoms with Crippen molar-refractivity contribution < 1.29 is 4.42 Å². The lowest BCUT2D eigenvalue weighted by atomic mass is 9.75. The largest absolute Gasteiger partial charge is 0.459 e. The third kappa shape index (κ3) is 4.50. The molecule has 4 aromatic rings. The van der Waals surface area contributed by atoms with Gasteiger partial charge in [0.25, 0.3) is 0 Å². The summed E-state index contributed by atoms with van der Waals surface area (Å²) in [4.78, 5) is 5.64. The van der Waals surface area contributed by atoms with Crippen molar-refractivity contribution in [2.24, 2.45) is 4.99 Å². The lowest BCUT2D eigenvalue weighted by Gasteiger charge is -2.33. The normalized spacial score (nSPS) is 22.9. The van der Waals surface area contributed by atoms with Crippen molar-refractivity contribution in [2.45, 2.75) is 89.0 Å². The Labute approximate surface area is 282 Å². The number of aryl methyl sites for hydroxylation is 2. The minimum absolute atomic E-state index is 0.177. The van der Waals surface area contributed by atoms with Crippen LogP contribution in [0.5, 0.6) is 0 Å². The Kier molecular flexibility index (Phi) is 6.81. The number of fused-ring (bicyclic) bond motifs is 6. The molecular formula is C45H42N2O. The van der Waals surface area contributed by atoms with Gasteiger partial charge in [0.15, 0.2) is 5.42 Å². The van der Waals surface area contributed by atoms with E-state index in [4.69, 9.17) is 9.41 Å². The molecule has 0 N–H and O–H groups in total. The van der Waals surface area contributed by atoms with Crippen LogP contribution in [0.3, 0.4) is 0 Å². The first-order valence-electron chi connectivity index (χ1n) is 18.4. The zero-order valence-electron chi connectivity index (χ0n) is 27.7. The molecule has 3 heterocycles. The lowest BCUT2D eigenvalue weighted by molar-refractivity contribution is 0.446. The fourth-order valence-corrected chi connectivity index (χ4v) is 9.45. The first-order chi connectivity index (χ1) is 23.8. The standard InChI is InChI=1S/C45H42N2O/c1-3-13-29(14-4-1)31-25-26-40-37(27-31)34-19-9-10-22-39(34)47(40)41-23-11-21-36-43-35(20-12-24-42(43)48-45(36)41)44-33-18-8-7-17-32(33)28-38(46-44)30-15-5-2-6-16-30/h2-3,5-7,10,13-17,21-22,25-27,35,38H,1,4,8-9,11-12,18-20,23-24,28H2. The third-order valence-corrected chi connectivity index (χ3v) is 11.6. The van der Waals surface area contributed by atoms with E-state index in [0.717, 1.165) is 82.5 Å². The molecule has 0 amide bonds. The fraction of sp³-hybridized carbons (Fsp3) is 0.311. The van der Waals surface area contributed by atoms with Gasteiger partial charge in [-0.05, 0) is 122 Å². The number of allylic oxidation sites excluding steroid dienone is 8. The van der Waals surface area contributed by atoms with Gasteiger partial charge in [0, 0.05) is 39.9 Å². The van der Waals surface area contributed by atoms with Crippen LogP contribution >= 0.6 is 0 Å². The molecule has 10 rings (SSSR count). The highest BCUT2D eigenvalue weighted by molar-refractivity contribution is 6.07. The van der Waals surface area contributed by atoms with Crippen LogP contribution in [0.1, 0.15) is 110 Å². The molecule has 1 aliphatic heterocycles. The van der Waals surface area contributed by atoms with E-state index in [0.29, 0.717) is 0 Å². The summed E-state index contributed by atoms with van der Waals surface area (Å²) in [5.41, 5.74) is 16.4. The molecule has 3 heteroatoms. The molecule has 238 valence electrons. The minimum atomic E-state index is 0.177. The van der Waals surface area contributed by atoms with Gasteiger partial charge in [-0.3, -0.25) is 4.99 Å². The summed E-state index contributed by atoms with van der Waals surface area (Å²) >= 11 is 0. The summed E-state index contributed by atoms with van der Waals surface area (Å²) in [5.74, 6) is 1.48.